The molecule has 1 N–H and O–H groups in total. The van der Waals surface area contributed by atoms with Crippen LogP contribution in [0.5, 0.6) is 0 Å². The zero-order valence-corrected chi connectivity index (χ0v) is 10.8. The molecule has 3 rings (SSSR count). The second-order valence-electron chi connectivity index (χ2n) is 5.31. The number of carbonyl (C=O) groups excluding carboxylic acids is 2. The van der Waals surface area contributed by atoms with E-state index in [0.717, 1.165) is 18.4 Å². The summed E-state index contributed by atoms with van der Waals surface area (Å²) in [5, 5.41) is 9.99. The van der Waals surface area contributed by atoms with Crippen LogP contribution in [-0.2, 0) is 15.2 Å². The van der Waals surface area contributed by atoms with Crippen LogP contribution >= 0.6 is 0 Å². The maximum absolute atomic E-state index is 11.9. The monoisotopic (exact) mass is 260 g/mol. The lowest BCUT2D eigenvalue weighted by Crippen LogP contribution is -2.52. The van der Waals surface area contributed by atoms with E-state index in [1.165, 1.54) is 9.80 Å². The van der Waals surface area contributed by atoms with Crippen LogP contribution in [0.15, 0.2) is 24.3 Å². The molecule has 1 saturated heterocycles. The van der Waals surface area contributed by atoms with Gasteiger partial charge in [0.2, 0.25) is 11.8 Å². The molecule has 1 aromatic carbocycles. The van der Waals surface area contributed by atoms with Crippen LogP contribution in [0.25, 0.3) is 0 Å². The second-order valence-corrected chi connectivity index (χ2v) is 5.31. The summed E-state index contributed by atoms with van der Waals surface area (Å²) in [6.07, 6.45) is 1.58. The third kappa shape index (κ3) is 2.10. The summed E-state index contributed by atoms with van der Waals surface area (Å²) >= 11 is 0. The number of benzene rings is 1. The predicted octanol–water partition coefficient (Wildman–Crippen LogP) is 0.473. The molecular weight excluding hydrogens is 244 g/mol. The van der Waals surface area contributed by atoms with Crippen molar-refractivity contribution in [2.75, 3.05) is 25.0 Å². The highest BCUT2D eigenvalue weighted by molar-refractivity contribution is 6.04. The number of piperazine rings is 1. The van der Waals surface area contributed by atoms with Crippen molar-refractivity contribution in [3.8, 4) is 0 Å². The number of likely N-dealkylation sites (N-methyl/N-ethyl adjacent to an activating group) is 1. The standard InChI is InChI=1S/C14H16N2O3/c1-15-8-13(18)16(9-12(15)17)11-4-2-10(3-5-11)14(19)6-7-14/h2-5,19H,6-9H2,1H3. The van der Waals surface area contributed by atoms with Gasteiger partial charge in [-0.15, -0.1) is 0 Å². The molecule has 1 aliphatic carbocycles. The van der Waals surface area contributed by atoms with Gasteiger partial charge in [-0.1, -0.05) is 12.1 Å². The summed E-state index contributed by atoms with van der Waals surface area (Å²) in [6, 6.07) is 7.25. The Morgan fingerprint density at radius 3 is 2.26 bits per heavy atom. The van der Waals surface area contributed by atoms with Crippen molar-refractivity contribution in [2.24, 2.45) is 0 Å². The Morgan fingerprint density at radius 2 is 1.68 bits per heavy atom. The van der Waals surface area contributed by atoms with Crippen LogP contribution in [0.4, 0.5) is 5.69 Å². The van der Waals surface area contributed by atoms with Crippen molar-refractivity contribution in [3.05, 3.63) is 29.8 Å². The second kappa shape index (κ2) is 4.06. The number of nitrogens with zero attached hydrogens (tertiary/aromatic N) is 2. The summed E-state index contributed by atoms with van der Waals surface area (Å²) in [7, 11) is 1.63. The van der Waals surface area contributed by atoms with Gasteiger partial charge in [0.15, 0.2) is 0 Å². The first kappa shape index (κ1) is 12.2. The first-order valence-corrected chi connectivity index (χ1v) is 6.37. The molecule has 1 heterocycles. The lowest BCUT2D eigenvalue weighted by molar-refractivity contribution is -0.136. The molecule has 0 radical (unpaired) electrons. The van der Waals surface area contributed by atoms with Gasteiger partial charge >= 0.3 is 0 Å². The minimum absolute atomic E-state index is 0.0653. The number of carbonyl (C=O) groups is 2. The van der Waals surface area contributed by atoms with E-state index in [0.29, 0.717) is 5.69 Å². The number of hydrogen-bond acceptors (Lipinski definition) is 3. The van der Waals surface area contributed by atoms with Gasteiger partial charge in [0.05, 0.1) is 12.1 Å². The molecule has 0 spiro atoms. The summed E-state index contributed by atoms with van der Waals surface area (Å²) in [4.78, 5) is 26.5. The smallest absolute Gasteiger partial charge is 0.247 e. The Hall–Kier alpha value is -1.88. The van der Waals surface area contributed by atoms with Crippen LogP contribution in [0.1, 0.15) is 18.4 Å². The van der Waals surface area contributed by atoms with Crippen LogP contribution in [0, 0.1) is 0 Å². The molecule has 5 heteroatoms. The average Bonchev–Trinajstić information content (AvgIpc) is 3.14. The van der Waals surface area contributed by atoms with Gasteiger partial charge in [0, 0.05) is 12.7 Å². The van der Waals surface area contributed by atoms with E-state index in [1.807, 2.05) is 12.1 Å². The quantitative estimate of drug-likeness (QED) is 0.841. The number of hydrogen-bond donors (Lipinski definition) is 1. The molecule has 0 bridgehead atoms. The van der Waals surface area contributed by atoms with Crippen molar-refractivity contribution in [3.63, 3.8) is 0 Å². The molecule has 1 aliphatic heterocycles. The fourth-order valence-corrected chi connectivity index (χ4v) is 2.31. The molecule has 5 nitrogen and oxygen atoms in total. The fourth-order valence-electron chi connectivity index (χ4n) is 2.31. The minimum atomic E-state index is -0.666. The van der Waals surface area contributed by atoms with Crippen molar-refractivity contribution in [1.29, 1.82) is 0 Å². The highest BCUT2D eigenvalue weighted by Crippen LogP contribution is 2.45. The third-order valence-electron chi connectivity index (χ3n) is 3.83. The normalized spacial score (nSPS) is 21.8. The molecule has 19 heavy (non-hydrogen) atoms. The molecule has 1 saturated carbocycles. The highest BCUT2D eigenvalue weighted by Gasteiger charge is 2.42. The highest BCUT2D eigenvalue weighted by atomic mass is 16.3. The maximum atomic E-state index is 11.9. The van der Waals surface area contributed by atoms with Gasteiger partial charge in [-0.25, -0.2) is 0 Å². The predicted molar refractivity (Wildman–Crippen MR) is 69.6 cm³/mol. The van der Waals surface area contributed by atoms with Crippen molar-refractivity contribution < 1.29 is 14.7 Å². The van der Waals surface area contributed by atoms with Crippen molar-refractivity contribution in [2.45, 2.75) is 18.4 Å². The molecule has 0 aromatic heterocycles. The van der Waals surface area contributed by atoms with Gasteiger partial charge in [-0.05, 0) is 30.5 Å². The molecule has 2 amide bonds. The Morgan fingerprint density at radius 1 is 1.05 bits per heavy atom. The van der Waals surface area contributed by atoms with Crippen LogP contribution in [0.3, 0.4) is 0 Å². The van der Waals surface area contributed by atoms with Crippen LogP contribution < -0.4 is 4.90 Å². The lowest BCUT2D eigenvalue weighted by atomic mass is 10.1. The Balaban J connectivity index is 1.82. The lowest BCUT2D eigenvalue weighted by Gasteiger charge is -2.31. The Kier molecular flexibility index (Phi) is 2.60. The number of aliphatic hydroxyl groups is 1. The Bertz CT molecular complexity index is 534. The average molecular weight is 260 g/mol. The third-order valence-corrected chi connectivity index (χ3v) is 3.83. The summed E-state index contributed by atoms with van der Waals surface area (Å²) in [6.45, 7) is 0.198. The number of anilines is 1. The molecule has 2 fully saturated rings. The number of amides is 2. The number of rotatable bonds is 2. The van der Waals surface area contributed by atoms with E-state index < -0.39 is 5.60 Å². The van der Waals surface area contributed by atoms with E-state index in [-0.39, 0.29) is 24.9 Å². The largest absolute Gasteiger partial charge is 0.385 e. The topological polar surface area (TPSA) is 60.9 Å². The van der Waals surface area contributed by atoms with E-state index in [9.17, 15) is 14.7 Å². The Labute approximate surface area is 111 Å². The van der Waals surface area contributed by atoms with E-state index >= 15 is 0 Å². The van der Waals surface area contributed by atoms with Gasteiger partial charge in [0.25, 0.3) is 0 Å². The van der Waals surface area contributed by atoms with E-state index in [2.05, 4.69) is 0 Å². The van der Waals surface area contributed by atoms with E-state index in [1.54, 1.807) is 19.2 Å². The van der Waals surface area contributed by atoms with Crippen LogP contribution in [0.2, 0.25) is 0 Å². The summed E-state index contributed by atoms with van der Waals surface area (Å²) in [5.41, 5.74) is 0.920. The molecular formula is C14H16N2O3. The van der Waals surface area contributed by atoms with Crippen molar-refractivity contribution >= 4 is 17.5 Å². The molecule has 0 unspecified atom stereocenters. The van der Waals surface area contributed by atoms with E-state index in [4.69, 9.17) is 0 Å². The molecule has 2 aliphatic rings. The molecule has 0 atom stereocenters. The van der Waals surface area contributed by atoms with Crippen LogP contribution in [-0.4, -0.2) is 42.0 Å². The molecule has 100 valence electrons. The van der Waals surface area contributed by atoms with Gasteiger partial charge in [-0.3, -0.25) is 9.59 Å². The zero-order valence-electron chi connectivity index (χ0n) is 10.8. The first-order valence-electron chi connectivity index (χ1n) is 6.37. The van der Waals surface area contributed by atoms with Gasteiger partial charge in [0.1, 0.15) is 6.54 Å². The first-order chi connectivity index (χ1) is 8.99. The summed E-state index contributed by atoms with van der Waals surface area (Å²) in [5.74, 6) is -0.149. The fraction of sp³-hybridized carbons (Fsp3) is 0.429. The SMILES string of the molecule is CN1CC(=O)N(c2ccc(C3(O)CC3)cc2)CC1=O. The van der Waals surface area contributed by atoms with Gasteiger partial charge < -0.3 is 14.9 Å². The van der Waals surface area contributed by atoms with Gasteiger partial charge in [-0.2, -0.15) is 0 Å². The van der Waals surface area contributed by atoms with Crippen molar-refractivity contribution in [1.82, 2.24) is 4.90 Å². The minimum Gasteiger partial charge on any atom is -0.385 e. The maximum Gasteiger partial charge on any atom is 0.247 e. The zero-order chi connectivity index (χ0) is 13.6. The molecule has 1 aromatic rings. The summed E-state index contributed by atoms with van der Waals surface area (Å²) < 4.78 is 0.